The maximum absolute atomic E-state index is 10.0. The number of methoxy groups -OCH3 is 1. The monoisotopic (exact) mass is 418 g/mol. The molecule has 2 aromatic carbocycles. The van der Waals surface area contributed by atoms with Crippen LogP contribution in [-0.4, -0.2) is 29.0 Å². The predicted molar refractivity (Wildman–Crippen MR) is 114 cm³/mol. The van der Waals surface area contributed by atoms with Crippen LogP contribution in [0.3, 0.4) is 0 Å². The van der Waals surface area contributed by atoms with Crippen LogP contribution in [0.15, 0.2) is 53.9 Å². The zero-order chi connectivity index (χ0) is 22.0. The van der Waals surface area contributed by atoms with Crippen LogP contribution in [0.5, 0.6) is 23.1 Å². The van der Waals surface area contributed by atoms with Gasteiger partial charge >= 0.3 is 0 Å². The van der Waals surface area contributed by atoms with Crippen LogP contribution < -0.4 is 19.9 Å². The van der Waals surface area contributed by atoms with Gasteiger partial charge < -0.3 is 25.1 Å². The average molecular weight is 418 g/mol. The van der Waals surface area contributed by atoms with E-state index in [0.29, 0.717) is 35.1 Å². The van der Waals surface area contributed by atoms with Crippen LogP contribution in [0, 0.1) is 11.3 Å². The van der Waals surface area contributed by atoms with Gasteiger partial charge in [-0.05, 0) is 48.4 Å². The molecule has 158 valence electrons. The number of aromatic nitrogens is 2. The molecule has 0 unspecified atom stereocenters. The summed E-state index contributed by atoms with van der Waals surface area (Å²) in [5.41, 5.74) is 9.24. The van der Waals surface area contributed by atoms with E-state index in [-0.39, 0.29) is 17.2 Å². The van der Waals surface area contributed by atoms with Crippen LogP contribution in [0.1, 0.15) is 30.4 Å². The van der Waals surface area contributed by atoms with E-state index in [1.54, 1.807) is 12.1 Å². The fourth-order valence-corrected chi connectivity index (χ4v) is 3.61. The van der Waals surface area contributed by atoms with Gasteiger partial charge in [-0.15, -0.1) is 5.10 Å². The number of allylic oxidation sites excluding steroid dienone is 1. The minimum absolute atomic E-state index is 0.00378. The van der Waals surface area contributed by atoms with Crippen molar-refractivity contribution in [1.82, 2.24) is 10.2 Å². The maximum atomic E-state index is 10.0. The number of aromatic hydroxyl groups is 1. The lowest BCUT2D eigenvalue weighted by Gasteiger charge is -2.24. The van der Waals surface area contributed by atoms with E-state index in [1.165, 1.54) is 13.2 Å². The zero-order valence-electron chi connectivity index (χ0n) is 17.2. The van der Waals surface area contributed by atoms with Crippen molar-refractivity contribution in [2.75, 3.05) is 13.7 Å². The summed E-state index contributed by atoms with van der Waals surface area (Å²) in [6.45, 7) is 2.70. The Morgan fingerprint density at radius 3 is 2.71 bits per heavy atom. The second-order valence-electron chi connectivity index (χ2n) is 7.05. The highest BCUT2D eigenvalue weighted by Crippen LogP contribution is 2.46. The smallest absolute Gasteiger partial charge is 0.244 e. The van der Waals surface area contributed by atoms with Crippen molar-refractivity contribution in [2.45, 2.75) is 19.3 Å². The Morgan fingerprint density at radius 1 is 1.26 bits per heavy atom. The van der Waals surface area contributed by atoms with Gasteiger partial charge in [0.05, 0.1) is 30.9 Å². The van der Waals surface area contributed by atoms with Gasteiger partial charge in [-0.25, -0.2) is 0 Å². The summed E-state index contributed by atoms with van der Waals surface area (Å²) in [5, 5.41) is 27.1. The molecule has 1 atom stereocenters. The summed E-state index contributed by atoms with van der Waals surface area (Å²) in [4.78, 5) is 0. The van der Waals surface area contributed by atoms with Gasteiger partial charge in [0.2, 0.25) is 11.8 Å². The molecule has 1 aromatic heterocycles. The first kappa shape index (κ1) is 20.2. The molecule has 0 saturated carbocycles. The molecule has 2 heterocycles. The number of benzene rings is 2. The molecule has 0 bridgehead atoms. The molecule has 31 heavy (non-hydrogen) atoms. The van der Waals surface area contributed by atoms with Gasteiger partial charge in [0.25, 0.3) is 0 Å². The third-order valence-corrected chi connectivity index (χ3v) is 5.09. The minimum atomic E-state index is -0.548. The van der Waals surface area contributed by atoms with Crippen molar-refractivity contribution < 1.29 is 19.3 Å². The van der Waals surface area contributed by atoms with Crippen molar-refractivity contribution in [1.29, 1.82) is 5.26 Å². The normalized spacial score (nSPS) is 15.1. The predicted octanol–water partition coefficient (Wildman–Crippen LogP) is 3.80. The van der Waals surface area contributed by atoms with Crippen molar-refractivity contribution in [3.63, 3.8) is 0 Å². The van der Waals surface area contributed by atoms with Gasteiger partial charge in [0.1, 0.15) is 17.4 Å². The highest BCUT2D eigenvalue weighted by atomic mass is 16.5. The topological polar surface area (TPSA) is 126 Å². The number of fused-ring (bicyclic) bond motifs is 1. The SMILES string of the molecule is CCCOc1ccc(-c2[nH]nc3c2[C@@H](c2ccc(O)c(OC)c2)C(C#N)=C(N)O3)cc1. The summed E-state index contributed by atoms with van der Waals surface area (Å²) in [6, 6.07) is 14.7. The van der Waals surface area contributed by atoms with Crippen molar-refractivity contribution >= 4 is 0 Å². The summed E-state index contributed by atoms with van der Waals surface area (Å²) in [6.07, 6.45) is 0.926. The standard InChI is InChI=1S/C23H22N4O4/c1-3-10-30-15-7-4-13(5-8-15)21-20-19(14-6-9-17(28)18(11-14)29-2)16(12-24)22(25)31-23(20)27-26-21/h4-9,11,19,28H,3,10,25H2,1-2H3,(H,26,27)/t19-/m0/s1. The first-order valence-corrected chi connectivity index (χ1v) is 9.83. The van der Waals surface area contributed by atoms with E-state index in [2.05, 4.69) is 23.2 Å². The number of ether oxygens (including phenoxy) is 3. The molecule has 1 aliphatic heterocycles. The van der Waals surface area contributed by atoms with Gasteiger partial charge in [-0.2, -0.15) is 5.26 Å². The first-order chi connectivity index (χ1) is 15.1. The number of hydrogen-bond acceptors (Lipinski definition) is 7. The summed E-state index contributed by atoms with van der Waals surface area (Å²) in [5.74, 6) is 0.820. The number of nitrogens with zero attached hydrogens (tertiary/aromatic N) is 2. The second kappa shape index (κ2) is 8.32. The molecule has 0 saturated heterocycles. The number of H-pyrrole nitrogens is 1. The Kier molecular flexibility index (Phi) is 5.41. The van der Waals surface area contributed by atoms with Crippen LogP contribution in [-0.2, 0) is 0 Å². The van der Waals surface area contributed by atoms with Crippen molar-refractivity contribution in [3.05, 3.63) is 65.0 Å². The molecule has 4 N–H and O–H groups in total. The summed E-state index contributed by atoms with van der Waals surface area (Å²) in [7, 11) is 1.47. The Labute approximate surface area is 179 Å². The first-order valence-electron chi connectivity index (χ1n) is 9.83. The fraction of sp³-hybridized carbons (Fsp3) is 0.217. The Bertz CT molecular complexity index is 1180. The number of aromatic amines is 1. The molecule has 0 radical (unpaired) electrons. The molecular formula is C23H22N4O4. The lowest BCUT2D eigenvalue weighted by Crippen LogP contribution is -2.21. The van der Waals surface area contributed by atoms with Gasteiger partial charge in [0.15, 0.2) is 11.5 Å². The highest BCUT2D eigenvalue weighted by Gasteiger charge is 2.36. The Balaban J connectivity index is 1.83. The van der Waals surface area contributed by atoms with Gasteiger partial charge in [0, 0.05) is 5.56 Å². The van der Waals surface area contributed by atoms with E-state index in [9.17, 15) is 10.4 Å². The molecule has 0 fully saturated rings. The number of rotatable bonds is 6. The third-order valence-electron chi connectivity index (χ3n) is 5.09. The Hall–Kier alpha value is -4.12. The van der Waals surface area contributed by atoms with Crippen LogP contribution in [0.2, 0.25) is 0 Å². The molecule has 8 heteroatoms. The van der Waals surface area contributed by atoms with Gasteiger partial charge in [-0.1, -0.05) is 13.0 Å². The minimum Gasteiger partial charge on any atom is -0.504 e. The van der Waals surface area contributed by atoms with Crippen molar-refractivity contribution in [2.24, 2.45) is 5.73 Å². The number of phenolic OH excluding ortho intramolecular Hbond substituents is 1. The molecule has 0 spiro atoms. The van der Waals surface area contributed by atoms with Gasteiger partial charge in [-0.3, -0.25) is 5.10 Å². The van der Waals surface area contributed by atoms with E-state index in [0.717, 1.165) is 17.7 Å². The van der Waals surface area contributed by atoms with E-state index in [1.807, 2.05) is 24.3 Å². The fourth-order valence-electron chi connectivity index (χ4n) is 3.61. The molecule has 0 amide bonds. The summed E-state index contributed by atoms with van der Waals surface area (Å²) < 4.78 is 16.5. The largest absolute Gasteiger partial charge is 0.504 e. The average Bonchev–Trinajstić information content (AvgIpc) is 3.20. The number of nitrogens with two attached hydrogens (primary N) is 1. The molecule has 0 aliphatic carbocycles. The molecule has 1 aliphatic rings. The summed E-state index contributed by atoms with van der Waals surface area (Å²) >= 11 is 0. The van der Waals surface area contributed by atoms with E-state index in [4.69, 9.17) is 19.9 Å². The second-order valence-corrected chi connectivity index (χ2v) is 7.05. The lowest BCUT2D eigenvalue weighted by atomic mass is 9.83. The van der Waals surface area contributed by atoms with Crippen LogP contribution in [0.4, 0.5) is 0 Å². The van der Waals surface area contributed by atoms with E-state index < -0.39 is 5.92 Å². The molecular weight excluding hydrogens is 396 g/mol. The molecule has 3 aromatic rings. The zero-order valence-corrected chi connectivity index (χ0v) is 17.2. The number of nitrogens with one attached hydrogen (secondary N) is 1. The third kappa shape index (κ3) is 3.62. The van der Waals surface area contributed by atoms with Crippen LogP contribution >= 0.6 is 0 Å². The van der Waals surface area contributed by atoms with Crippen molar-refractivity contribution in [3.8, 4) is 40.5 Å². The number of phenols is 1. The molecule has 4 rings (SSSR count). The quantitative estimate of drug-likeness (QED) is 0.556. The van der Waals surface area contributed by atoms with E-state index >= 15 is 0 Å². The maximum Gasteiger partial charge on any atom is 0.244 e. The number of nitriles is 1. The number of hydrogen-bond donors (Lipinski definition) is 3. The molecule has 8 nitrogen and oxygen atoms in total. The lowest BCUT2D eigenvalue weighted by molar-refractivity contribution is 0.317. The Morgan fingerprint density at radius 2 is 2.03 bits per heavy atom. The van der Waals surface area contributed by atoms with Crippen LogP contribution in [0.25, 0.3) is 11.3 Å². The highest BCUT2D eigenvalue weighted by molar-refractivity contribution is 5.71.